The molecule has 0 aliphatic carbocycles. The minimum absolute atomic E-state index is 0.255. The maximum atomic E-state index is 12.1. The quantitative estimate of drug-likeness (QED) is 0.256. The van der Waals surface area contributed by atoms with E-state index in [4.69, 9.17) is 27.9 Å². The highest BCUT2D eigenvalue weighted by Gasteiger charge is 2.27. The number of aromatic nitrogens is 2. The first-order valence-corrected chi connectivity index (χ1v) is 18.5. The average Bonchev–Trinajstić information content (AvgIpc) is 3.33. The van der Waals surface area contributed by atoms with E-state index in [1.807, 2.05) is 12.1 Å². The fourth-order valence-electron chi connectivity index (χ4n) is 6.15. The molecule has 45 heavy (non-hydrogen) atoms. The van der Waals surface area contributed by atoms with E-state index in [0.717, 1.165) is 61.0 Å². The van der Waals surface area contributed by atoms with Crippen LogP contribution in [0.1, 0.15) is 24.8 Å². The third kappa shape index (κ3) is 7.88. The van der Waals surface area contributed by atoms with Gasteiger partial charge in [0.25, 0.3) is 0 Å². The second-order valence-corrected chi connectivity index (χ2v) is 15.2. The van der Waals surface area contributed by atoms with Crippen LogP contribution in [0.15, 0.2) is 34.9 Å². The number of nitrogens with zero attached hydrogens (tertiary/aromatic N) is 5. The molecule has 3 aliphatic heterocycles. The Morgan fingerprint density at radius 3 is 2.53 bits per heavy atom. The molecular weight excluding hydrogens is 703 g/mol. The van der Waals surface area contributed by atoms with Crippen LogP contribution in [0, 0.1) is 0 Å². The van der Waals surface area contributed by atoms with Gasteiger partial charge in [-0.05, 0) is 79.1 Å². The fraction of sp³-hybridized carbons (Fsp3) is 0.467. The molecule has 4 heterocycles. The van der Waals surface area contributed by atoms with Crippen LogP contribution >= 0.6 is 39.1 Å². The number of likely N-dealkylation sites (N-methyl/N-ethyl adjacent to an activating group) is 1. The molecule has 1 aromatic heterocycles. The minimum Gasteiger partial charge on any atom is -0.493 e. The van der Waals surface area contributed by atoms with Crippen molar-refractivity contribution in [3.8, 4) is 5.75 Å². The SMILES string of the molecule is CN1CCCN(C2CCN(c3cc(Cl)c(Nc4ncc(Cl)c(Nc5cc6c(cc5NS(C)(=O)=O)CCO6)n4)cc3Br)CC2)CC1. The summed E-state index contributed by atoms with van der Waals surface area (Å²) in [7, 11) is -1.32. The Labute approximate surface area is 282 Å². The van der Waals surface area contributed by atoms with Crippen LogP contribution < -0.4 is 25.0 Å². The minimum atomic E-state index is -3.54. The van der Waals surface area contributed by atoms with Crippen LogP contribution in [0.4, 0.5) is 34.5 Å². The number of hydrogen-bond acceptors (Lipinski definition) is 10. The summed E-state index contributed by atoms with van der Waals surface area (Å²) in [5.41, 5.74) is 3.43. The lowest BCUT2D eigenvalue weighted by molar-refractivity contribution is 0.174. The van der Waals surface area contributed by atoms with Crippen molar-refractivity contribution in [3.05, 3.63) is 50.5 Å². The lowest BCUT2D eigenvalue weighted by Gasteiger charge is -2.39. The van der Waals surface area contributed by atoms with Crippen molar-refractivity contribution < 1.29 is 13.2 Å². The first kappa shape index (κ1) is 32.4. The van der Waals surface area contributed by atoms with Crippen LogP contribution in [-0.4, -0.2) is 93.4 Å². The van der Waals surface area contributed by atoms with Gasteiger partial charge in [-0.25, -0.2) is 13.4 Å². The van der Waals surface area contributed by atoms with Crippen LogP contribution in [0.5, 0.6) is 5.75 Å². The van der Waals surface area contributed by atoms with Gasteiger partial charge >= 0.3 is 0 Å². The maximum absolute atomic E-state index is 12.1. The van der Waals surface area contributed by atoms with E-state index < -0.39 is 10.0 Å². The van der Waals surface area contributed by atoms with Crippen LogP contribution in [-0.2, 0) is 16.4 Å². The van der Waals surface area contributed by atoms with Gasteiger partial charge in [0.2, 0.25) is 16.0 Å². The van der Waals surface area contributed by atoms with Crippen LogP contribution in [0.2, 0.25) is 10.0 Å². The topological polar surface area (TPSA) is 115 Å². The number of rotatable bonds is 8. The standard InChI is InChI=1S/C30H37BrCl2N8O3S/c1-39-7-3-8-40(12-11-39)20-4-9-41(10-5-20)27-16-22(32)24(15-21(27)31)36-30-34-18-23(33)29(37-30)35-25-17-28-19(6-13-44-28)14-26(25)38-45(2,42)43/h14-18,20,38H,3-13H2,1-2H3,(H2,34,35,36,37). The van der Waals surface area contributed by atoms with Crippen molar-refractivity contribution in [2.24, 2.45) is 0 Å². The molecule has 2 aromatic carbocycles. The lowest BCUT2D eigenvalue weighted by atomic mass is 10.0. The van der Waals surface area contributed by atoms with Crippen LogP contribution in [0.3, 0.4) is 0 Å². The van der Waals surface area contributed by atoms with Gasteiger partial charge in [-0.3, -0.25) is 9.62 Å². The summed E-state index contributed by atoms with van der Waals surface area (Å²) in [6.07, 6.45) is 6.74. The summed E-state index contributed by atoms with van der Waals surface area (Å²) in [6, 6.07) is 8.03. The summed E-state index contributed by atoms with van der Waals surface area (Å²) in [5.74, 6) is 1.23. The molecular formula is C30H37BrCl2N8O3S. The lowest BCUT2D eigenvalue weighted by Crippen LogP contribution is -2.46. The summed E-state index contributed by atoms with van der Waals surface area (Å²) in [6.45, 7) is 7.10. The highest BCUT2D eigenvalue weighted by molar-refractivity contribution is 9.10. The molecule has 11 nitrogen and oxygen atoms in total. The molecule has 0 amide bonds. The number of benzene rings is 2. The number of fused-ring (bicyclic) bond motifs is 1. The molecule has 6 rings (SSSR count). The van der Waals surface area contributed by atoms with Gasteiger partial charge in [-0.1, -0.05) is 23.2 Å². The number of piperidine rings is 1. The van der Waals surface area contributed by atoms with Crippen molar-refractivity contribution in [1.82, 2.24) is 19.8 Å². The molecule has 0 atom stereocenters. The first-order chi connectivity index (χ1) is 21.5. The molecule has 0 unspecified atom stereocenters. The molecule has 2 saturated heterocycles. The Bertz CT molecular complexity index is 1670. The molecule has 0 spiro atoms. The summed E-state index contributed by atoms with van der Waals surface area (Å²) in [4.78, 5) is 16.4. The molecule has 3 N–H and O–H groups in total. The molecule has 0 radical (unpaired) electrons. The normalized spacial score (nSPS) is 18.3. The largest absolute Gasteiger partial charge is 0.493 e. The smallest absolute Gasteiger partial charge is 0.229 e. The highest BCUT2D eigenvalue weighted by Crippen LogP contribution is 2.39. The van der Waals surface area contributed by atoms with E-state index in [0.29, 0.717) is 46.9 Å². The molecule has 3 aliphatic rings. The van der Waals surface area contributed by atoms with Gasteiger partial charge in [-0.15, -0.1) is 0 Å². The van der Waals surface area contributed by atoms with E-state index in [2.05, 4.69) is 63.0 Å². The van der Waals surface area contributed by atoms with Crippen molar-refractivity contribution in [3.63, 3.8) is 0 Å². The van der Waals surface area contributed by atoms with Gasteiger partial charge in [-0.2, -0.15) is 4.98 Å². The van der Waals surface area contributed by atoms with Gasteiger partial charge in [0, 0.05) is 49.2 Å². The molecule has 0 saturated carbocycles. The summed E-state index contributed by atoms with van der Waals surface area (Å²) >= 11 is 17.0. The maximum Gasteiger partial charge on any atom is 0.229 e. The molecule has 0 bridgehead atoms. The van der Waals surface area contributed by atoms with Gasteiger partial charge in [0.05, 0.1) is 46.8 Å². The first-order valence-electron chi connectivity index (χ1n) is 15.0. The summed E-state index contributed by atoms with van der Waals surface area (Å²) in [5, 5.41) is 7.14. The van der Waals surface area contributed by atoms with Crippen LogP contribution in [0.25, 0.3) is 0 Å². The van der Waals surface area contributed by atoms with E-state index in [1.54, 1.807) is 12.1 Å². The predicted octanol–water partition coefficient (Wildman–Crippen LogP) is 5.95. The number of ether oxygens (including phenoxy) is 1. The number of hydrogen-bond donors (Lipinski definition) is 3. The third-order valence-corrected chi connectivity index (χ3v) is 10.3. The fourth-order valence-corrected chi connectivity index (χ4v) is 7.66. The Morgan fingerprint density at radius 1 is 0.956 bits per heavy atom. The van der Waals surface area contributed by atoms with Crippen molar-refractivity contribution in [2.75, 3.05) is 79.4 Å². The predicted molar refractivity (Wildman–Crippen MR) is 186 cm³/mol. The summed E-state index contributed by atoms with van der Waals surface area (Å²) < 4.78 is 33.3. The zero-order chi connectivity index (χ0) is 31.7. The van der Waals surface area contributed by atoms with E-state index in [9.17, 15) is 8.42 Å². The monoisotopic (exact) mass is 738 g/mol. The highest BCUT2D eigenvalue weighted by atomic mass is 79.9. The second-order valence-electron chi connectivity index (χ2n) is 11.8. The van der Waals surface area contributed by atoms with Gasteiger partial charge in [0.1, 0.15) is 10.8 Å². The average molecular weight is 741 g/mol. The zero-order valence-electron chi connectivity index (χ0n) is 25.2. The molecule has 242 valence electrons. The molecule has 3 aromatic rings. The Hall–Kier alpha value is -2.55. The number of nitrogens with one attached hydrogen (secondary N) is 3. The zero-order valence-corrected chi connectivity index (χ0v) is 29.2. The van der Waals surface area contributed by atoms with E-state index in [1.165, 1.54) is 25.7 Å². The van der Waals surface area contributed by atoms with Crippen molar-refractivity contribution in [2.45, 2.75) is 31.7 Å². The van der Waals surface area contributed by atoms with E-state index in [-0.39, 0.29) is 16.8 Å². The Kier molecular flexibility index (Phi) is 9.84. The number of halogens is 3. The molecule has 2 fully saturated rings. The molecule has 15 heteroatoms. The van der Waals surface area contributed by atoms with Gasteiger partial charge < -0.3 is 25.2 Å². The number of anilines is 6. The Morgan fingerprint density at radius 2 is 1.76 bits per heavy atom. The third-order valence-electron chi connectivity index (χ3n) is 8.48. The van der Waals surface area contributed by atoms with E-state index >= 15 is 0 Å². The van der Waals surface area contributed by atoms with Crippen molar-refractivity contribution >= 4 is 83.7 Å². The van der Waals surface area contributed by atoms with Crippen molar-refractivity contribution in [1.29, 1.82) is 0 Å². The Balaban J connectivity index is 1.16. The second kappa shape index (κ2) is 13.7. The number of sulfonamides is 1. The van der Waals surface area contributed by atoms with Gasteiger partial charge in [0.15, 0.2) is 5.82 Å².